The van der Waals surface area contributed by atoms with Gasteiger partial charge in [-0.25, -0.2) is 0 Å². The molecular weight excluding hydrogens is 444 g/mol. The first kappa shape index (κ1) is 30.8. The molecule has 0 aromatic rings. The smallest absolute Gasteiger partial charge is 0.178 e. The molecule has 0 bridgehead atoms. The van der Waals surface area contributed by atoms with Gasteiger partial charge in [0.05, 0.1) is 5.57 Å². The van der Waals surface area contributed by atoms with E-state index in [1.165, 1.54) is 0 Å². The first-order valence-electron chi connectivity index (χ1n) is 14.2. The topological polar surface area (TPSA) is 83.9 Å². The normalized spacial score (nSPS) is 32.2. The van der Waals surface area contributed by atoms with Gasteiger partial charge in [0.15, 0.2) is 5.78 Å². The number of allylic oxidation sites excluding steroid dienone is 2. The number of fused-ring (bicyclic) bond motifs is 1. The zero-order chi connectivity index (χ0) is 28.0. The Morgan fingerprint density at radius 1 is 1.08 bits per heavy atom. The molecule has 2 aliphatic rings. The Bertz CT molecular complexity index is 932. The minimum atomic E-state index is -0.614. The molecule has 0 amide bonds. The third-order valence-electron chi connectivity index (χ3n) is 11.2. The fourth-order valence-electron chi connectivity index (χ4n) is 7.52. The Labute approximate surface area is 221 Å². The van der Waals surface area contributed by atoms with Crippen molar-refractivity contribution >= 4 is 11.6 Å². The number of Topliss-reactive ketones (excluding diaryl/α,β-unsaturated/α-hetero) is 2. The van der Waals surface area contributed by atoms with Crippen LogP contribution < -0.4 is 5.73 Å². The second-order valence-corrected chi connectivity index (χ2v) is 15.1. The molecule has 0 saturated heterocycles. The van der Waals surface area contributed by atoms with Gasteiger partial charge in [0.25, 0.3) is 0 Å². The van der Waals surface area contributed by atoms with Crippen molar-refractivity contribution in [2.75, 3.05) is 0 Å². The molecule has 204 valence electrons. The predicted octanol–water partition coefficient (Wildman–Crippen LogP) is 7.80. The van der Waals surface area contributed by atoms with Crippen molar-refractivity contribution in [3.05, 3.63) is 11.6 Å². The maximum atomic E-state index is 13.2. The number of nitriles is 1. The maximum absolute atomic E-state index is 13.2. The summed E-state index contributed by atoms with van der Waals surface area (Å²) in [6.07, 6.45) is 9.49. The summed E-state index contributed by atoms with van der Waals surface area (Å²) in [7, 11) is 0. The van der Waals surface area contributed by atoms with Crippen LogP contribution in [0.3, 0.4) is 0 Å². The summed E-state index contributed by atoms with van der Waals surface area (Å²) in [5, 5.41) is 9.84. The standard InChI is InChI=1S/C32H54N2O2/c1-12-27(3,4)15-17-30(9,34)18-16-28(5,6)32(11)14-13-24-29(7,8)26(36)23(21-33)20-31(24,10)25(32)19-22(2)35/h20,24-25H,12-19,34H2,1-11H3/t24-,25+,30-,31-,32+/m0/s1. The number of carbonyl (C=O) groups excluding carboxylic acids is 2. The molecule has 0 radical (unpaired) electrons. The van der Waals surface area contributed by atoms with Gasteiger partial charge < -0.3 is 10.5 Å². The lowest BCUT2D eigenvalue weighted by molar-refractivity contribution is -0.155. The van der Waals surface area contributed by atoms with Crippen LogP contribution in [0.4, 0.5) is 0 Å². The van der Waals surface area contributed by atoms with Crippen LogP contribution in [0.25, 0.3) is 0 Å². The van der Waals surface area contributed by atoms with Crippen molar-refractivity contribution < 1.29 is 9.59 Å². The van der Waals surface area contributed by atoms with E-state index in [-0.39, 0.29) is 45.3 Å². The van der Waals surface area contributed by atoms with Gasteiger partial charge in [-0.1, -0.05) is 74.8 Å². The van der Waals surface area contributed by atoms with Gasteiger partial charge in [-0.15, -0.1) is 0 Å². The predicted molar refractivity (Wildman–Crippen MR) is 149 cm³/mol. The molecule has 0 unspecified atom stereocenters. The van der Waals surface area contributed by atoms with Crippen molar-refractivity contribution in [3.63, 3.8) is 0 Å². The first-order chi connectivity index (χ1) is 16.2. The van der Waals surface area contributed by atoms with Crippen molar-refractivity contribution in [2.45, 2.75) is 133 Å². The second-order valence-electron chi connectivity index (χ2n) is 15.1. The zero-order valence-corrected chi connectivity index (χ0v) is 25.2. The molecule has 2 aliphatic carbocycles. The van der Waals surface area contributed by atoms with E-state index >= 15 is 0 Å². The molecule has 2 rings (SSSR count). The van der Waals surface area contributed by atoms with Crippen molar-refractivity contribution in [1.82, 2.24) is 0 Å². The van der Waals surface area contributed by atoms with Crippen LogP contribution in [-0.2, 0) is 9.59 Å². The van der Waals surface area contributed by atoms with E-state index in [0.717, 1.165) is 44.9 Å². The Hall–Kier alpha value is -1.47. The molecule has 0 aromatic carbocycles. The third-order valence-corrected chi connectivity index (χ3v) is 11.2. The molecule has 4 heteroatoms. The van der Waals surface area contributed by atoms with E-state index in [1.54, 1.807) is 6.92 Å². The van der Waals surface area contributed by atoms with Crippen LogP contribution in [0.2, 0.25) is 0 Å². The summed E-state index contributed by atoms with van der Waals surface area (Å²) in [4.78, 5) is 25.8. The van der Waals surface area contributed by atoms with Crippen molar-refractivity contribution in [3.8, 4) is 6.07 Å². The minimum Gasteiger partial charge on any atom is -0.325 e. The summed E-state index contributed by atoms with van der Waals surface area (Å²) in [5.41, 5.74) is 6.00. The van der Waals surface area contributed by atoms with E-state index in [1.807, 2.05) is 19.9 Å². The zero-order valence-electron chi connectivity index (χ0n) is 25.2. The number of nitrogens with zero attached hydrogens (tertiary/aromatic N) is 1. The van der Waals surface area contributed by atoms with Crippen molar-refractivity contribution in [2.24, 2.45) is 44.6 Å². The van der Waals surface area contributed by atoms with Crippen LogP contribution in [0.5, 0.6) is 0 Å². The van der Waals surface area contributed by atoms with Crippen LogP contribution >= 0.6 is 0 Å². The molecule has 0 aromatic heterocycles. The third kappa shape index (κ3) is 5.67. The Morgan fingerprint density at radius 2 is 1.64 bits per heavy atom. The van der Waals surface area contributed by atoms with Crippen LogP contribution in [0, 0.1) is 50.2 Å². The second kappa shape index (κ2) is 10.0. The highest BCUT2D eigenvalue weighted by atomic mass is 16.1. The first-order valence-corrected chi connectivity index (χ1v) is 14.2. The Kier molecular flexibility index (Phi) is 8.55. The number of nitrogens with two attached hydrogens (primary N) is 1. The summed E-state index contributed by atoms with van der Waals surface area (Å²) < 4.78 is 0. The minimum absolute atomic E-state index is 0.0502. The highest BCUT2D eigenvalue weighted by molar-refractivity contribution is 6.04. The lowest BCUT2D eigenvalue weighted by atomic mass is 9.39. The molecular formula is C32H54N2O2. The summed E-state index contributed by atoms with van der Waals surface area (Å²) in [5.74, 6) is 0.288. The molecule has 2 N–H and O–H groups in total. The highest BCUT2D eigenvalue weighted by Crippen LogP contribution is 2.67. The Morgan fingerprint density at radius 3 is 2.14 bits per heavy atom. The summed E-state index contributed by atoms with van der Waals surface area (Å²) in [6.45, 7) is 24.0. The fraction of sp³-hybridized carbons (Fsp3) is 0.844. The van der Waals surface area contributed by atoms with Gasteiger partial charge in [0.1, 0.15) is 11.9 Å². The van der Waals surface area contributed by atoms with E-state index in [9.17, 15) is 14.9 Å². The summed E-state index contributed by atoms with van der Waals surface area (Å²) >= 11 is 0. The van der Waals surface area contributed by atoms with E-state index in [0.29, 0.717) is 11.8 Å². The van der Waals surface area contributed by atoms with Gasteiger partial charge in [0.2, 0.25) is 0 Å². The maximum Gasteiger partial charge on any atom is 0.178 e. The monoisotopic (exact) mass is 498 g/mol. The SMILES string of the molecule is CCC(C)(C)CC[C@](C)(N)CCC(C)(C)[C@]1(C)CC[C@H]2C(C)(C)C(=O)C(C#N)=C[C@]2(C)[C@H]1CC(C)=O. The average Bonchev–Trinajstić information content (AvgIpc) is 2.76. The van der Waals surface area contributed by atoms with Gasteiger partial charge >= 0.3 is 0 Å². The largest absolute Gasteiger partial charge is 0.325 e. The lowest BCUT2D eigenvalue weighted by Crippen LogP contribution is -2.60. The highest BCUT2D eigenvalue weighted by Gasteiger charge is 2.63. The number of ketones is 2. The molecule has 1 fully saturated rings. The van der Waals surface area contributed by atoms with E-state index in [4.69, 9.17) is 5.73 Å². The van der Waals surface area contributed by atoms with Gasteiger partial charge in [-0.2, -0.15) is 5.26 Å². The molecule has 4 nitrogen and oxygen atoms in total. The van der Waals surface area contributed by atoms with Crippen LogP contribution in [0.1, 0.15) is 128 Å². The van der Waals surface area contributed by atoms with Gasteiger partial charge in [0, 0.05) is 17.4 Å². The molecule has 0 heterocycles. The van der Waals surface area contributed by atoms with Crippen LogP contribution in [-0.4, -0.2) is 17.1 Å². The van der Waals surface area contributed by atoms with Crippen LogP contribution in [0.15, 0.2) is 11.6 Å². The van der Waals surface area contributed by atoms with E-state index < -0.39 is 10.8 Å². The number of rotatable bonds is 10. The molecule has 5 atom stereocenters. The lowest BCUT2D eigenvalue weighted by Gasteiger charge is -2.64. The molecule has 1 saturated carbocycles. The molecule has 0 aliphatic heterocycles. The Balaban J connectivity index is 2.45. The number of hydrogen-bond acceptors (Lipinski definition) is 4. The van der Waals surface area contributed by atoms with Crippen molar-refractivity contribution in [1.29, 1.82) is 5.26 Å². The number of hydrogen-bond donors (Lipinski definition) is 1. The summed E-state index contributed by atoms with van der Waals surface area (Å²) in [6, 6.07) is 2.19. The van der Waals surface area contributed by atoms with Gasteiger partial charge in [-0.05, 0) is 85.9 Å². The molecule has 0 spiro atoms. The molecule has 36 heavy (non-hydrogen) atoms. The quantitative estimate of drug-likeness (QED) is 0.333. The average molecular weight is 499 g/mol. The number of carbonyl (C=O) groups is 2. The van der Waals surface area contributed by atoms with Gasteiger partial charge in [-0.3, -0.25) is 4.79 Å². The fourth-order valence-corrected chi connectivity index (χ4v) is 7.52. The van der Waals surface area contributed by atoms with E-state index in [2.05, 4.69) is 61.5 Å².